The minimum Gasteiger partial charge on any atom is -0.395 e. The van der Waals surface area contributed by atoms with Gasteiger partial charge in [-0.05, 0) is 0 Å². The average Bonchev–Trinajstić information content (AvgIpc) is 2.32. The predicted octanol–water partition coefficient (Wildman–Crippen LogP) is -2.78. The van der Waals surface area contributed by atoms with Gasteiger partial charge in [-0.3, -0.25) is 4.90 Å². The second kappa shape index (κ2) is 18.1. The van der Waals surface area contributed by atoms with E-state index in [1.165, 1.54) is 0 Å². The zero-order chi connectivity index (χ0) is 13.4. The fraction of sp³-hybridized carbons (Fsp3) is 1.00. The van der Waals surface area contributed by atoms with Crippen molar-refractivity contribution in [2.24, 2.45) is 5.73 Å². The van der Waals surface area contributed by atoms with Gasteiger partial charge in [0.25, 0.3) is 0 Å². The van der Waals surface area contributed by atoms with E-state index in [2.05, 4.69) is 0 Å². The van der Waals surface area contributed by atoms with Gasteiger partial charge in [-0.25, -0.2) is 0 Å². The van der Waals surface area contributed by atoms with Crippen molar-refractivity contribution in [1.29, 1.82) is 0 Å². The molecule has 17 heavy (non-hydrogen) atoms. The fourth-order valence-electron chi connectivity index (χ4n) is 1.01. The monoisotopic (exact) mass is 254 g/mol. The minimum absolute atomic E-state index is 0.0694. The van der Waals surface area contributed by atoms with E-state index in [-0.39, 0.29) is 26.4 Å². The molecule has 0 aromatic carbocycles. The van der Waals surface area contributed by atoms with Crippen molar-refractivity contribution in [1.82, 2.24) is 4.90 Å². The van der Waals surface area contributed by atoms with Gasteiger partial charge >= 0.3 is 0 Å². The molecule has 0 aromatic rings. The van der Waals surface area contributed by atoms with Crippen molar-refractivity contribution in [3.63, 3.8) is 0 Å². The van der Waals surface area contributed by atoms with Crippen LogP contribution in [0.15, 0.2) is 0 Å². The number of nitrogens with zero attached hydrogens (tertiary/aromatic N) is 1. The molecule has 0 radical (unpaired) electrons. The quantitative estimate of drug-likeness (QED) is 0.267. The normalized spacial score (nSPS) is 10.2. The molecule has 0 aliphatic heterocycles. The number of hydrogen-bond acceptors (Lipinski definition) is 7. The Hall–Kier alpha value is -0.280. The van der Waals surface area contributed by atoms with E-state index >= 15 is 0 Å². The molecule has 0 saturated heterocycles. The zero-order valence-electron chi connectivity index (χ0n) is 10.3. The van der Waals surface area contributed by atoms with Gasteiger partial charge in [0.05, 0.1) is 39.6 Å². The molecule has 106 valence electrons. The highest BCUT2D eigenvalue weighted by Gasteiger charge is 2.00. The van der Waals surface area contributed by atoms with Crippen LogP contribution in [0.5, 0.6) is 0 Å². The van der Waals surface area contributed by atoms with E-state index in [9.17, 15) is 0 Å². The number of aliphatic hydroxyl groups excluding tert-OH is 4. The van der Waals surface area contributed by atoms with Crippen molar-refractivity contribution in [2.45, 2.75) is 0 Å². The molecule has 0 aliphatic carbocycles. The van der Waals surface area contributed by atoms with E-state index in [4.69, 9.17) is 30.9 Å². The molecule has 0 atom stereocenters. The molecule has 0 aromatic heterocycles. The summed E-state index contributed by atoms with van der Waals surface area (Å²) in [7, 11) is 0. The minimum atomic E-state index is 0.0694. The molecule has 0 heterocycles. The van der Waals surface area contributed by atoms with Crippen LogP contribution >= 0.6 is 0 Å². The molecule has 0 bridgehead atoms. The van der Waals surface area contributed by atoms with Crippen LogP contribution in [-0.4, -0.2) is 91.1 Å². The lowest BCUT2D eigenvalue weighted by atomic mass is 10.4. The van der Waals surface area contributed by atoms with Crippen LogP contribution in [-0.2, 0) is 4.74 Å². The number of rotatable bonds is 10. The van der Waals surface area contributed by atoms with Gasteiger partial charge in [-0.15, -0.1) is 0 Å². The van der Waals surface area contributed by atoms with Gasteiger partial charge in [0.15, 0.2) is 0 Å². The molecule has 0 saturated carbocycles. The second-order valence-corrected chi connectivity index (χ2v) is 3.14. The Morgan fingerprint density at radius 1 is 0.765 bits per heavy atom. The topological polar surface area (TPSA) is 119 Å². The van der Waals surface area contributed by atoms with Gasteiger partial charge in [-0.1, -0.05) is 0 Å². The molecule has 7 nitrogen and oxygen atoms in total. The maximum atomic E-state index is 8.48. The largest absolute Gasteiger partial charge is 0.395 e. The third-order valence-corrected chi connectivity index (χ3v) is 1.75. The lowest BCUT2D eigenvalue weighted by Crippen LogP contribution is -2.32. The van der Waals surface area contributed by atoms with Gasteiger partial charge in [0.2, 0.25) is 0 Å². The van der Waals surface area contributed by atoms with Crippen LogP contribution in [0.3, 0.4) is 0 Å². The van der Waals surface area contributed by atoms with Crippen LogP contribution in [0.25, 0.3) is 0 Å². The number of ether oxygens (including phenoxy) is 1. The zero-order valence-corrected chi connectivity index (χ0v) is 10.3. The van der Waals surface area contributed by atoms with Crippen molar-refractivity contribution in [3.8, 4) is 0 Å². The lowest BCUT2D eigenvalue weighted by Gasteiger charge is -2.17. The summed E-state index contributed by atoms with van der Waals surface area (Å²) < 4.78 is 4.76. The highest BCUT2D eigenvalue weighted by atomic mass is 16.5. The molecular formula is C10H26N2O5. The summed E-state index contributed by atoms with van der Waals surface area (Å²) in [6.45, 7) is 3.31. The number of aliphatic hydroxyl groups is 4. The fourth-order valence-corrected chi connectivity index (χ4v) is 1.01. The highest BCUT2D eigenvalue weighted by molar-refractivity contribution is 4.54. The lowest BCUT2D eigenvalue weighted by molar-refractivity contribution is 0.0976. The second-order valence-electron chi connectivity index (χ2n) is 3.14. The number of nitrogens with two attached hydrogens (primary N) is 1. The summed E-state index contributed by atoms with van der Waals surface area (Å²) in [4.78, 5) is 1.79. The summed E-state index contributed by atoms with van der Waals surface area (Å²) in [5.74, 6) is 0. The van der Waals surface area contributed by atoms with E-state index in [0.29, 0.717) is 39.4 Å². The average molecular weight is 254 g/mol. The van der Waals surface area contributed by atoms with Crippen molar-refractivity contribution in [3.05, 3.63) is 0 Å². The predicted molar refractivity (Wildman–Crippen MR) is 64.7 cm³/mol. The third-order valence-electron chi connectivity index (χ3n) is 1.75. The van der Waals surface area contributed by atoms with Crippen LogP contribution in [0.1, 0.15) is 0 Å². The molecule has 0 aliphatic rings. The molecule has 0 unspecified atom stereocenters. The van der Waals surface area contributed by atoms with Crippen LogP contribution in [0.4, 0.5) is 0 Å². The summed E-state index contributed by atoms with van der Waals surface area (Å²) in [5, 5.41) is 33.6. The molecule has 0 rings (SSSR count). The number of hydrogen-bond donors (Lipinski definition) is 5. The van der Waals surface area contributed by atoms with Gasteiger partial charge in [0.1, 0.15) is 0 Å². The van der Waals surface area contributed by atoms with Crippen LogP contribution < -0.4 is 5.73 Å². The maximum absolute atomic E-state index is 8.48. The molecular weight excluding hydrogens is 228 g/mol. The first-order chi connectivity index (χ1) is 8.26. The highest BCUT2D eigenvalue weighted by Crippen LogP contribution is 1.84. The van der Waals surface area contributed by atoms with E-state index in [1.807, 2.05) is 0 Å². The van der Waals surface area contributed by atoms with Crippen molar-refractivity contribution >= 4 is 0 Å². The van der Waals surface area contributed by atoms with Crippen LogP contribution in [0.2, 0.25) is 0 Å². The molecule has 0 fully saturated rings. The first kappa shape index (κ1) is 19.1. The van der Waals surface area contributed by atoms with E-state index in [0.717, 1.165) is 0 Å². The standard InChI is InChI=1S/C6H15NO3.C4H11NO2/c8-4-1-7(2-5-9)3-6-10;5-1-3-7-4-2-6/h8-10H,1-6H2;6H,1-5H2. The van der Waals surface area contributed by atoms with Crippen molar-refractivity contribution in [2.75, 3.05) is 65.8 Å². The summed E-state index contributed by atoms with van der Waals surface area (Å²) in [6.07, 6.45) is 0. The van der Waals surface area contributed by atoms with Gasteiger partial charge < -0.3 is 30.9 Å². The first-order valence-corrected chi connectivity index (χ1v) is 5.70. The van der Waals surface area contributed by atoms with Crippen molar-refractivity contribution < 1.29 is 25.2 Å². The summed E-state index contributed by atoms with van der Waals surface area (Å²) >= 11 is 0. The maximum Gasteiger partial charge on any atom is 0.0698 e. The third kappa shape index (κ3) is 18.3. The van der Waals surface area contributed by atoms with Gasteiger partial charge in [-0.2, -0.15) is 0 Å². The van der Waals surface area contributed by atoms with E-state index in [1.54, 1.807) is 4.90 Å². The van der Waals surface area contributed by atoms with E-state index < -0.39 is 0 Å². The first-order valence-electron chi connectivity index (χ1n) is 5.70. The Bertz CT molecular complexity index is 111. The Labute approximate surface area is 102 Å². The Kier molecular flexibility index (Phi) is 20.3. The summed E-state index contributed by atoms with van der Waals surface area (Å²) in [5.41, 5.74) is 5.06. The molecule has 0 spiro atoms. The smallest absolute Gasteiger partial charge is 0.0698 e. The molecule has 0 amide bonds. The molecule has 7 heteroatoms. The summed E-state index contributed by atoms with van der Waals surface area (Å²) in [6, 6.07) is 0. The van der Waals surface area contributed by atoms with Gasteiger partial charge in [0, 0.05) is 26.2 Å². The Morgan fingerprint density at radius 3 is 1.53 bits per heavy atom. The Balaban J connectivity index is 0. The van der Waals surface area contributed by atoms with Crippen LogP contribution in [0, 0.1) is 0 Å². The Morgan fingerprint density at radius 2 is 1.24 bits per heavy atom. The molecule has 6 N–H and O–H groups in total. The SMILES string of the molecule is NCCOCCO.OCCN(CCO)CCO.